The highest BCUT2D eigenvalue weighted by atomic mass is 16.5. The summed E-state index contributed by atoms with van der Waals surface area (Å²) in [6, 6.07) is 0.331. The van der Waals surface area contributed by atoms with Crippen molar-refractivity contribution in [3.05, 3.63) is 0 Å². The zero-order valence-electron chi connectivity index (χ0n) is 11.5. The molecule has 100 valence electrons. The lowest BCUT2D eigenvalue weighted by molar-refractivity contribution is -0.176. The number of hydrogen-bond donors (Lipinski definition) is 3. The first kappa shape index (κ1) is 14.3. The van der Waals surface area contributed by atoms with Gasteiger partial charge in [0.2, 0.25) is 0 Å². The van der Waals surface area contributed by atoms with Gasteiger partial charge in [0.15, 0.2) is 5.96 Å². The molecule has 0 aromatic carbocycles. The smallest absolute Gasteiger partial charge is 0.191 e. The molecule has 1 saturated carbocycles. The number of hydrogen-bond acceptors (Lipinski definition) is 3. The zero-order valence-corrected chi connectivity index (χ0v) is 11.5. The second-order valence-corrected chi connectivity index (χ2v) is 5.28. The van der Waals surface area contributed by atoms with Gasteiger partial charge in [-0.05, 0) is 13.3 Å². The van der Waals surface area contributed by atoms with Gasteiger partial charge in [0.05, 0.1) is 12.2 Å². The molecule has 0 spiro atoms. The normalized spacial score (nSPS) is 31.9. The summed E-state index contributed by atoms with van der Waals surface area (Å²) in [5.41, 5.74) is -0.0287. The third kappa shape index (κ3) is 2.55. The van der Waals surface area contributed by atoms with E-state index < -0.39 is 0 Å². The highest BCUT2D eigenvalue weighted by Crippen LogP contribution is 2.51. The van der Waals surface area contributed by atoms with Gasteiger partial charge in [0.25, 0.3) is 0 Å². The number of nitrogens with zero attached hydrogens (tertiary/aromatic N) is 1. The molecular formula is C12H25N3O2. The van der Waals surface area contributed by atoms with E-state index in [1.54, 1.807) is 14.2 Å². The van der Waals surface area contributed by atoms with E-state index in [0.717, 1.165) is 12.4 Å². The maximum atomic E-state index is 8.77. The third-order valence-electron chi connectivity index (χ3n) is 4.22. The summed E-state index contributed by atoms with van der Waals surface area (Å²) in [7, 11) is 3.49. The van der Waals surface area contributed by atoms with Crippen molar-refractivity contribution in [2.75, 3.05) is 27.3 Å². The number of aliphatic hydroxyl groups excluding tert-OH is 1. The Balaban J connectivity index is 2.55. The molecule has 1 fully saturated rings. The van der Waals surface area contributed by atoms with Crippen LogP contribution in [0.4, 0.5) is 0 Å². The maximum absolute atomic E-state index is 8.77. The van der Waals surface area contributed by atoms with Gasteiger partial charge < -0.3 is 20.5 Å². The van der Waals surface area contributed by atoms with Gasteiger partial charge in [0.1, 0.15) is 0 Å². The maximum Gasteiger partial charge on any atom is 0.191 e. The van der Waals surface area contributed by atoms with Crippen LogP contribution in [0.2, 0.25) is 0 Å². The Bertz CT molecular complexity index is 291. The predicted molar refractivity (Wildman–Crippen MR) is 69.2 cm³/mol. The summed E-state index contributed by atoms with van der Waals surface area (Å²) < 4.78 is 5.58. The fourth-order valence-corrected chi connectivity index (χ4v) is 2.26. The summed E-state index contributed by atoms with van der Waals surface area (Å²) in [4.78, 5) is 4.13. The molecule has 5 nitrogen and oxygen atoms in total. The molecule has 0 aromatic heterocycles. The fourth-order valence-electron chi connectivity index (χ4n) is 2.26. The van der Waals surface area contributed by atoms with E-state index in [-0.39, 0.29) is 17.6 Å². The van der Waals surface area contributed by atoms with Crippen LogP contribution in [0.15, 0.2) is 4.99 Å². The fraction of sp³-hybridized carbons (Fsp3) is 0.917. The lowest BCUT2D eigenvalue weighted by atomic mass is 9.56. The lowest BCUT2D eigenvalue weighted by Crippen LogP contribution is -2.69. The van der Waals surface area contributed by atoms with Crippen molar-refractivity contribution in [2.45, 2.75) is 38.8 Å². The quantitative estimate of drug-likeness (QED) is 0.492. The first-order valence-electron chi connectivity index (χ1n) is 6.04. The van der Waals surface area contributed by atoms with Gasteiger partial charge in [0, 0.05) is 32.2 Å². The molecule has 1 aliphatic carbocycles. The number of methoxy groups -OCH3 is 1. The molecule has 5 heteroatoms. The minimum atomic E-state index is -0.0828. The standard InChI is InChI=1S/C12H25N3O2/c1-11(2)9(8-12(11,3)17-5)15-10(13-4)14-6-7-16/h9,16H,6-8H2,1-5H3,(H2,13,14,15). The first-order chi connectivity index (χ1) is 7.91. The van der Waals surface area contributed by atoms with Gasteiger partial charge in [-0.2, -0.15) is 0 Å². The SMILES string of the molecule is CN=C(NCCO)NC1CC(C)(OC)C1(C)C. The summed E-state index contributed by atoms with van der Waals surface area (Å²) in [5.74, 6) is 0.732. The molecule has 0 radical (unpaired) electrons. The predicted octanol–water partition coefficient (Wildman–Crippen LogP) is 0.347. The van der Waals surface area contributed by atoms with E-state index in [0.29, 0.717) is 12.6 Å². The Labute approximate surface area is 104 Å². The molecule has 0 amide bonds. The van der Waals surface area contributed by atoms with Crippen LogP contribution in [0.3, 0.4) is 0 Å². The van der Waals surface area contributed by atoms with Crippen molar-refractivity contribution in [2.24, 2.45) is 10.4 Å². The van der Waals surface area contributed by atoms with E-state index in [9.17, 15) is 0 Å². The number of aliphatic hydroxyl groups is 1. The Hall–Kier alpha value is -0.810. The number of ether oxygens (including phenoxy) is 1. The molecule has 17 heavy (non-hydrogen) atoms. The minimum Gasteiger partial charge on any atom is -0.395 e. The van der Waals surface area contributed by atoms with Crippen molar-refractivity contribution in [1.29, 1.82) is 0 Å². The van der Waals surface area contributed by atoms with Crippen LogP contribution in [0.25, 0.3) is 0 Å². The number of nitrogens with one attached hydrogen (secondary N) is 2. The summed E-state index contributed by atoms with van der Waals surface area (Å²) in [5, 5.41) is 15.2. The molecule has 0 saturated heterocycles. The van der Waals surface area contributed by atoms with Crippen LogP contribution in [0.5, 0.6) is 0 Å². The van der Waals surface area contributed by atoms with Crippen LogP contribution in [0.1, 0.15) is 27.2 Å². The van der Waals surface area contributed by atoms with Gasteiger partial charge in [-0.3, -0.25) is 4.99 Å². The highest BCUT2D eigenvalue weighted by Gasteiger charge is 2.57. The molecule has 0 bridgehead atoms. The summed E-state index contributed by atoms with van der Waals surface area (Å²) in [6.45, 7) is 7.13. The number of rotatable bonds is 4. The molecule has 2 unspecified atom stereocenters. The van der Waals surface area contributed by atoms with Crippen molar-refractivity contribution in [1.82, 2.24) is 10.6 Å². The molecule has 0 aliphatic heterocycles. The van der Waals surface area contributed by atoms with Gasteiger partial charge >= 0.3 is 0 Å². The summed E-state index contributed by atoms with van der Waals surface area (Å²) in [6.07, 6.45) is 0.955. The minimum absolute atomic E-state index is 0.0542. The molecular weight excluding hydrogens is 218 g/mol. The average molecular weight is 243 g/mol. The van der Waals surface area contributed by atoms with Crippen LogP contribution in [-0.2, 0) is 4.74 Å². The van der Waals surface area contributed by atoms with E-state index in [4.69, 9.17) is 9.84 Å². The van der Waals surface area contributed by atoms with Crippen molar-refractivity contribution >= 4 is 5.96 Å². The van der Waals surface area contributed by atoms with E-state index in [1.807, 2.05) is 0 Å². The largest absolute Gasteiger partial charge is 0.395 e. The molecule has 2 atom stereocenters. The van der Waals surface area contributed by atoms with Gasteiger partial charge in [-0.25, -0.2) is 0 Å². The topological polar surface area (TPSA) is 65.9 Å². The average Bonchev–Trinajstić information content (AvgIpc) is 2.32. The van der Waals surface area contributed by atoms with Crippen molar-refractivity contribution in [3.8, 4) is 0 Å². The Morgan fingerprint density at radius 3 is 2.53 bits per heavy atom. The molecule has 0 aromatic rings. The monoisotopic (exact) mass is 243 g/mol. The van der Waals surface area contributed by atoms with E-state index >= 15 is 0 Å². The van der Waals surface area contributed by atoms with Gasteiger partial charge in [-0.15, -0.1) is 0 Å². The lowest BCUT2D eigenvalue weighted by Gasteiger charge is -2.59. The van der Waals surface area contributed by atoms with Gasteiger partial charge in [-0.1, -0.05) is 13.8 Å². The Kier molecular flexibility index (Phi) is 4.38. The Morgan fingerprint density at radius 1 is 1.47 bits per heavy atom. The van der Waals surface area contributed by atoms with Crippen LogP contribution in [-0.4, -0.2) is 50.0 Å². The van der Waals surface area contributed by atoms with Crippen LogP contribution in [0, 0.1) is 5.41 Å². The third-order valence-corrected chi connectivity index (χ3v) is 4.22. The number of aliphatic imine (C=N–C) groups is 1. The zero-order chi connectivity index (χ0) is 13.1. The van der Waals surface area contributed by atoms with Crippen LogP contribution >= 0.6 is 0 Å². The highest BCUT2D eigenvalue weighted by molar-refractivity contribution is 5.80. The second kappa shape index (κ2) is 5.23. The first-order valence-corrected chi connectivity index (χ1v) is 6.04. The molecule has 1 aliphatic rings. The van der Waals surface area contributed by atoms with Crippen molar-refractivity contribution < 1.29 is 9.84 Å². The molecule has 3 N–H and O–H groups in total. The second-order valence-electron chi connectivity index (χ2n) is 5.28. The number of guanidine groups is 1. The molecule has 0 heterocycles. The Morgan fingerprint density at radius 2 is 2.12 bits per heavy atom. The van der Waals surface area contributed by atoms with Crippen LogP contribution < -0.4 is 10.6 Å². The van der Waals surface area contributed by atoms with E-state index in [1.165, 1.54) is 0 Å². The van der Waals surface area contributed by atoms with Crippen molar-refractivity contribution in [3.63, 3.8) is 0 Å². The van der Waals surface area contributed by atoms with E-state index in [2.05, 4.69) is 36.4 Å². The molecule has 1 rings (SSSR count). The summed E-state index contributed by atoms with van der Waals surface area (Å²) >= 11 is 0.